The monoisotopic (exact) mass is 236 g/mol. The van der Waals surface area contributed by atoms with Crippen molar-refractivity contribution in [2.24, 2.45) is 0 Å². The van der Waals surface area contributed by atoms with E-state index in [9.17, 15) is 4.79 Å². The van der Waals surface area contributed by atoms with Gasteiger partial charge in [0.2, 0.25) is 0 Å². The molecule has 0 bridgehead atoms. The van der Waals surface area contributed by atoms with Crippen molar-refractivity contribution >= 4 is 5.97 Å². The number of rotatable bonds is 6. The van der Waals surface area contributed by atoms with Crippen molar-refractivity contribution in [1.82, 2.24) is 9.88 Å². The van der Waals surface area contributed by atoms with Crippen molar-refractivity contribution in [3.05, 3.63) is 29.6 Å². The number of carbonyl (C=O) groups is 1. The smallest absolute Gasteiger partial charge is 0.339 e. The Labute approximate surface area is 103 Å². The molecule has 0 unspecified atom stereocenters. The number of esters is 1. The van der Waals surface area contributed by atoms with E-state index in [1.807, 2.05) is 20.2 Å². The Morgan fingerprint density at radius 1 is 1.41 bits per heavy atom. The first-order valence-electron chi connectivity index (χ1n) is 5.89. The molecule has 0 atom stereocenters. The van der Waals surface area contributed by atoms with E-state index in [0.29, 0.717) is 12.2 Å². The highest BCUT2D eigenvalue weighted by atomic mass is 16.5. The van der Waals surface area contributed by atoms with Gasteiger partial charge in [0.05, 0.1) is 12.2 Å². The van der Waals surface area contributed by atoms with Gasteiger partial charge in [0, 0.05) is 12.4 Å². The SMILES string of the molecule is CCOC(=O)c1cncc(CCCN(C)C)c1. The molecule has 0 saturated carbocycles. The standard InChI is InChI=1S/C13H20N2O2/c1-4-17-13(16)12-8-11(9-14-10-12)6-5-7-15(2)3/h8-10H,4-7H2,1-3H3. The molecule has 0 amide bonds. The third kappa shape index (κ3) is 4.95. The van der Waals surface area contributed by atoms with Crippen LogP contribution in [-0.2, 0) is 11.2 Å². The summed E-state index contributed by atoms with van der Waals surface area (Å²) in [6.07, 6.45) is 5.34. The molecule has 0 N–H and O–H groups in total. The number of pyridine rings is 1. The van der Waals surface area contributed by atoms with Crippen LogP contribution in [0.4, 0.5) is 0 Å². The van der Waals surface area contributed by atoms with Crippen LogP contribution in [0.25, 0.3) is 0 Å². The molecule has 1 heterocycles. The summed E-state index contributed by atoms with van der Waals surface area (Å²) in [4.78, 5) is 17.7. The zero-order chi connectivity index (χ0) is 12.7. The highest BCUT2D eigenvalue weighted by Crippen LogP contribution is 2.07. The van der Waals surface area contributed by atoms with Gasteiger partial charge in [0.25, 0.3) is 0 Å². The largest absolute Gasteiger partial charge is 0.462 e. The van der Waals surface area contributed by atoms with Gasteiger partial charge in [0.15, 0.2) is 0 Å². The van der Waals surface area contributed by atoms with E-state index in [2.05, 4.69) is 9.88 Å². The van der Waals surface area contributed by atoms with Crippen molar-refractivity contribution in [2.45, 2.75) is 19.8 Å². The van der Waals surface area contributed by atoms with Crippen LogP contribution >= 0.6 is 0 Å². The summed E-state index contributed by atoms with van der Waals surface area (Å²) < 4.78 is 4.94. The lowest BCUT2D eigenvalue weighted by Gasteiger charge is -2.09. The maximum absolute atomic E-state index is 11.5. The van der Waals surface area contributed by atoms with Crippen LogP contribution in [0, 0.1) is 0 Å². The highest BCUT2D eigenvalue weighted by Gasteiger charge is 2.07. The van der Waals surface area contributed by atoms with Crippen molar-refractivity contribution in [3.8, 4) is 0 Å². The minimum absolute atomic E-state index is 0.297. The molecule has 94 valence electrons. The van der Waals surface area contributed by atoms with E-state index < -0.39 is 0 Å². The number of carbonyl (C=O) groups excluding carboxylic acids is 1. The first-order chi connectivity index (χ1) is 8.13. The van der Waals surface area contributed by atoms with Gasteiger partial charge in [-0.1, -0.05) is 0 Å². The fourth-order valence-corrected chi connectivity index (χ4v) is 1.55. The van der Waals surface area contributed by atoms with Gasteiger partial charge in [-0.25, -0.2) is 4.79 Å². The summed E-state index contributed by atoms with van der Waals surface area (Å²) in [5.41, 5.74) is 1.62. The molecular formula is C13H20N2O2. The van der Waals surface area contributed by atoms with E-state index >= 15 is 0 Å². The molecule has 1 aromatic rings. The number of nitrogens with zero attached hydrogens (tertiary/aromatic N) is 2. The van der Waals surface area contributed by atoms with Crippen LogP contribution in [-0.4, -0.2) is 43.1 Å². The topological polar surface area (TPSA) is 42.4 Å². The summed E-state index contributed by atoms with van der Waals surface area (Å²) in [6.45, 7) is 3.22. The molecule has 0 aromatic carbocycles. The minimum atomic E-state index is -0.297. The average molecular weight is 236 g/mol. The van der Waals surface area contributed by atoms with Crippen LogP contribution < -0.4 is 0 Å². The normalized spacial score (nSPS) is 10.6. The predicted octanol–water partition coefficient (Wildman–Crippen LogP) is 1.75. The molecule has 0 saturated heterocycles. The second kappa shape index (κ2) is 7.01. The number of ether oxygens (including phenoxy) is 1. The molecule has 4 nitrogen and oxygen atoms in total. The lowest BCUT2D eigenvalue weighted by atomic mass is 10.1. The Balaban J connectivity index is 2.56. The Hall–Kier alpha value is -1.42. The molecule has 0 aliphatic heterocycles. The average Bonchev–Trinajstić information content (AvgIpc) is 2.29. The highest BCUT2D eigenvalue weighted by molar-refractivity contribution is 5.89. The van der Waals surface area contributed by atoms with Gasteiger partial charge in [0.1, 0.15) is 0 Å². The zero-order valence-corrected chi connectivity index (χ0v) is 10.8. The van der Waals surface area contributed by atoms with E-state index in [0.717, 1.165) is 24.9 Å². The van der Waals surface area contributed by atoms with Crippen LogP contribution in [0.5, 0.6) is 0 Å². The summed E-state index contributed by atoms with van der Waals surface area (Å²) >= 11 is 0. The van der Waals surface area contributed by atoms with E-state index in [1.54, 1.807) is 19.3 Å². The summed E-state index contributed by atoms with van der Waals surface area (Å²) in [5.74, 6) is -0.297. The second-order valence-electron chi connectivity index (χ2n) is 4.21. The molecule has 4 heteroatoms. The molecule has 17 heavy (non-hydrogen) atoms. The van der Waals surface area contributed by atoms with Crippen LogP contribution in [0.1, 0.15) is 29.3 Å². The molecule has 1 aromatic heterocycles. The van der Waals surface area contributed by atoms with Crippen molar-refractivity contribution in [3.63, 3.8) is 0 Å². The Bertz CT molecular complexity index is 364. The van der Waals surface area contributed by atoms with Gasteiger partial charge in [-0.2, -0.15) is 0 Å². The summed E-state index contributed by atoms with van der Waals surface area (Å²) in [5, 5.41) is 0. The maximum Gasteiger partial charge on any atom is 0.339 e. The molecule has 0 radical (unpaired) electrons. The molecule has 0 spiro atoms. The van der Waals surface area contributed by atoms with Crippen LogP contribution in [0.2, 0.25) is 0 Å². The minimum Gasteiger partial charge on any atom is -0.462 e. The second-order valence-corrected chi connectivity index (χ2v) is 4.21. The fourth-order valence-electron chi connectivity index (χ4n) is 1.55. The van der Waals surface area contributed by atoms with Crippen molar-refractivity contribution < 1.29 is 9.53 Å². The van der Waals surface area contributed by atoms with E-state index in [4.69, 9.17) is 4.74 Å². The quantitative estimate of drug-likeness (QED) is 0.706. The Kier molecular flexibility index (Phi) is 5.63. The number of aryl methyl sites for hydroxylation is 1. The first kappa shape index (κ1) is 13.6. The predicted molar refractivity (Wildman–Crippen MR) is 67.1 cm³/mol. The number of hydrogen-bond donors (Lipinski definition) is 0. The van der Waals surface area contributed by atoms with Crippen LogP contribution in [0.15, 0.2) is 18.5 Å². The third-order valence-electron chi connectivity index (χ3n) is 2.38. The maximum atomic E-state index is 11.5. The third-order valence-corrected chi connectivity index (χ3v) is 2.38. The van der Waals surface area contributed by atoms with Crippen LogP contribution in [0.3, 0.4) is 0 Å². The fraction of sp³-hybridized carbons (Fsp3) is 0.538. The number of hydrogen-bond acceptors (Lipinski definition) is 4. The van der Waals surface area contributed by atoms with Crippen molar-refractivity contribution in [2.75, 3.05) is 27.2 Å². The molecule has 1 rings (SSSR count). The first-order valence-corrected chi connectivity index (χ1v) is 5.89. The van der Waals surface area contributed by atoms with Crippen molar-refractivity contribution in [1.29, 1.82) is 0 Å². The lowest BCUT2D eigenvalue weighted by Crippen LogP contribution is -2.13. The molecular weight excluding hydrogens is 216 g/mol. The molecule has 0 aliphatic rings. The van der Waals surface area contributed by atoms with Gasteiger partial charge < -0.3 is 9.64 Å². The van der Waals surface area contributed by atoms with E-state index in [-0.39, 0.29) is 5.97 Å². The Morgan fingerprint density at radius 3 is 2.82 bits per heavy atom. The summed E-state index contributed by atoms with van der Waals surface area (Å²) in [7, 11) is 4.10. The Morgan fingerprint density at radius 2 is 2.18 bits per heavy atom. The zero-order valence-electron chi connectivity index (χ0n) is 10.8. The lowest BCUT2D eigenvalue weighted by molar-refractivity contribution is 0.0525. The van der Waals surface area contributed by atoms with Gasteiger partial charge in [-0.3, -0.25) is 4.98 Å². The molecule has 0 fully saturated rings. The molecule has 0 aliphatic carbocycles. The van der Waals surface area contributed by atoms with Gasteiger partial charge >= 0.3 is 5.97 Å². The van der Waals surface area contributed by atoms with E-state index in [1.165, 1.54) is 0 Å². The summed E-state index contributed by atoms with van der Waals surface area (Å²) in [6, 6.07) is 1.86. The number of aromatic nitrogens is 1. The van der Waals surface area contributed by atoms with Gasteiger partial charge in [-0.15, -0.1) is 0 Å². The van der Waals surface area contributed by atoms with Gasteiger partial charge in [-0.05, 0) is 52.0 Å².